The summed E-state index contributed by atoms with van der Waals surface area (Å²) in [5, 5.41) is 26.2. The summed E-state index contributed by atoms with van der Waals surface area (Å²) in [4.78, 5) is 18.0. The van der Waals surface area contributed by atoms with Crippen LogP contribution in [-0.2, 0) is 26.1 Å². The van der Waals surface area contributed by atoms with E-state index in [4.69, 9.17) is 9.72 Å². The van der Waals surface area contributed by atoms with Gasteiger partial charge in [0.05, 0.1) is 29.9 Å². The van der Waals surface area contributed by atoms with Gasteiger partial charge in [-0.1, -0.05) is 13.0 Å². The van der Waals surface area contributed by atoms with Crippen LogP contribution in [-0.4, -0.2) is 71.9 Å². The molecule has 4 atom stereocenters. The average molecular weight is 660 g/mol. The van der Waals surface area contributed by atoms with Crippen molar-refractivity contribution in [3.05, 3.63) is 65.1 Å². The summed E-state index contributed by atoms with van der Waals surface area (Å²) in [5.74, 6) is -0.907. The number of alkyl halides is 1. The summed E-state index contributed by atoms with van der Waals surface area (Å²) in [5.41, 5.74) is 1.96. The Hall–Kier alpha value is -4.49. The lowest BCUT2D eigenvalue weighted by molar-refractivity contribution is -0.0989. The number of rotatable bonds is 6. The van der Waals surface area contributed by atoms with E-state index in [1.165, 1.54) is 24.4 Å². The van der Waals surface area contributed by atoms with Crippen LogP contribution in [0.2, 0.25) is 0 Å². The fraction of sp³-hybridized carbons (Fsp3) is 0.429. The zero-order valence-electron chi connectivity index (χ0n) is 26.5. The summed E-state index contributed by atoms with van der Waals surface area (Å²) in [7, 11) is 0. The molecule has 2 saturated heterocycles. The van der Waals surface area contributed by atoms with Crippen molar-refractivity contribution in [3.63, 3.8) is 0 Å². The molecule has 0 spiro atoms. The largest absolute Gasteiger partial charge is 0.508 e. The van der Waals surface area contributed by atoms with Crippen molar-refractivity contribution in [2.75, 3.05) is 24.5 Å². The molecule has 3 aliphatic rings. The van der Waals surface area contributed by atoms with E-state index >= 15 is 8.78 Å². The molecular weight excluding hydrogens is 623 g/mol. The maximum atomic E-state index is 17.0. The van der Waals surface area contributed by atoms with Gasteiger partial charge in [-0.25, -0.2) is 13.2 Å². The Kier molecular flexibility index (Phi) is 7.83. The first-order valence-electron chi connectivity index (χ1n) is 16.6. The predicted octanol–water partition coefficient (Wildman–Crippen LogP) is 5.65. The standard InChI is InChI=1S/C35H36F3N7O3/c1-2-25-28(37)7-6-19-12-24(47)14-26(29(19)25)31-30(38)32-27(15-39-31)33(43-9-4-10-45-23(17-43)13-22(18-46)42-45)41-35(40-32)48-34-20-5-3-8-44(34)16-21(36)11-20/h6-7,12-15,20-21,34,46-47H,2-5,8-11,16-18H2,1H3/t20-,21-,34?/m1/s1. The Morgan fingerprint density at radius 2 is 1.94 bits per heavy atom. The van der Waals surface area contributed by atoms with Crippen LogP contribution in [0.4, 0.5) is 19.0 Å². The third kappa shape index (κ3) is 5.29. The summed E-state index contributed by atoms with van der Waals surface area (Å²) in [6.07, 6.45) is 3.35. The summed E-state index contributed by atoms with van der Waals surface area (Å²) in [6.45, 7) is 4.19. The fourth-order valence-electron chi connectivity index (χ4n) is 7.81. The van der Waals surface area contributed by atoms with Crippen LogP contribution >= 0.6 is 0 Å². The topological polar surface area (TPSA) is 113 Å². The molecule has 48 heavy (non-hydrogen) atoms. The second-order valence-corrected chi connectivity index (χ2v) is 13.0. The number of phenols is 1. The van der Waals surface area contributed by atoms with Crippen LogP contribution in [0.5, 0.6) is 11.8 Å². The minimum Gasteiger partial charge on any atom is -0.508 e. The number of hydrogen-bond donors (Lipinski definition) is 2. The molecular formula is C35H36F3N7O3. The first-order chi connectivity index (χ1) is 23.3. The average Bonchev–Trinajstić information content (AvgIpc) is 3.35. The zero-order valence-corrected chi connectivity index (χ0v) is 26.5. The molecule has 2 unspecified atom stereocenters. The summed E-state index contributed by atoms with van der Waals surface area (Å²) in [6, 6.07) is 7.64. The van der Waals surface area contributed by atoms with E-state index in [1.807, 2.05) is 27.5 Å². The monoisotopic (exact) mass is 659 g/mol. The maximum absolute atomic E-state index is 17.0. The molecule has 2 fully saturated rings. The second kappa shape index (κ2) is 12.2. The van der Waals surface area contributed by atoms with E-state index in [0.29, 0.717) is 78.7 Å². The number of aromatic hydroxyl groups is 1. The fourth-order valence-corrected chi connectivity index (χ4v) is 7.81. The van der Waals surface area contributed by atoms with Gasteiger partial charge < -0.3 is 19.8 Å². The van der Waals surface area contributed by atoms with Gasteiger partial charge in [0.25, 0.3) is 0 Å². The van der Waals surface area contributed by atoms with Crippen molar-refractivity contribution in [1.82, 2.24) is 29.6 Å². The van der Waals surface area contributed by atoms with Crippen molar-refractivity contribution < 1.29 is 28.1 Å². The molecule has 5 aromatic rings. The first kappa shape index (κ1) is 30.8. The number of nitrogens with zero attached hydrogens (tertiary/aromatic N) is 7. The van der Waals surface area contributed by atoms with E-state index in [2.05, 4.69) is 15.1 Å². The van der Waals surface area contributed by atoms with Gasteiger partial charge in [0.2, 0.25) is 0 Å². The lowest BCUT2D eigenvalue weighted by Crippen LogP contribution is -2.55. The normalized spacial score (nSPS) is 22.6. The molecule has 10 nitrogen and oxygen atoms in total. The molecule has 2 aromatic carbocycles. The number of aliphatic hydroxyl groups is 1. The van der Waals surface area contributed by atoms with Gasteiger partial charge in [-0.05, 0) is 72.7 Å². The van der Waals surface area contributed by atoms with Crippen LogP contribution in [0, 0.1) is 17.6 Å². The van der Waals surface area contributed by atoms with E-state index in [0.717, 1.165) is 18.5 Å². The number of benzene rings is 2. The van der Waals surface area contributed by atoms with E-state index in [-0.39, 0.29) is 47.6 Å². The molecule has 8 rings (SSSR count). The highest BCUT2D eigenvalue weighted by molar-refractivity contribution is 6.01. The molecule has 0 amide bonds. The van der Waals surface area contributed by atoms with Crippen molar-refractivity contribution >= 4 is 27.5 Å². The van der Waals surface area contributed by atoms with Gasteiger partial charge in [-0.15, -0.1) is 0 Å². The maximum Gasteiger partial charge on any atom is 0.320 e. The molecule has 0 aliphatic carbocycles. The quantitative estimate of drug-likeness (QED) is 0.239. The van der Waals surface area contributed by atoms with E-state index in [9.17, 15) is 14.6 Å². The van der Waals surface area contributed by atoms with Crippen molar-refractivity contribution in [1.29, 1.82) is 0 Å². The highest BCUT2D eigenvalue weighted by atomic mass is 19.1. The van der Waals surface area contributed by atoms with Gasteiger partial charge in [-0.2, -0.15) is 15.1 Å². The number of pyridine rings is 1. The number of ether oxygens (including phenoxy) is 1. The molecule has 13 heteroatoms. The third-order valence-electron chi connectivity index (χ3n) is 9.93. The molecule has 6 heterocycles. The number of halogens is 3. The van der Waals surface area contributed by atoms with Gasteiger partial charge in [0.1, 0.15) is 34.8 Å². The van der Waals surface area contributed by atoms with Gasteiger partial charge >= 0.3 is 6.01 Å². The van der Waals surface area contributed by atoms with Crippen molar-refractivity contribution in [3.8, 4) is 23.0 Å². The molecule has 3 aromatic heterocycles. The predicted molar refractivity (Wildman–Crippen MR) is 173 cm³/mol. The van der Waals surface area contributed by atoms with Gasteiger partial charge in [0.15, 0.2) is 12.0 Å². The van der Waals surface area contributed by atoms with Crippen LogP contribution in [0.25, 0.3) is 32.9 Å². The first-order valence-corrected chi connectivity index (χ1v) is 16.6. The molecule has 250 valence electrons. The zero-order chi connectivity index (χ0) is 33.1. The minimum absolute atomic E-state index is 0.0254. The number of hydrogen-bond acceptors (Lipinski definition) is 9. The number of aryl methyl sites for hydroxylation is 2. The smallest absolute Gasteiger partial charge is 0.320 e. The second-order valence-electron chi connectivity index (χ2n) is 13.0. The lowest BCUT2D eigenvalue weighted by atomic mass is 9.86. The highest BCUT2D eigenvalue weighted by Gasteiger charge is 2.41. The third-order valence-corrected chi connectivity index (χ3v) is 9.93. The van der Waals surface area contributed by atoms with Gasteiger partial charge in [-0.3, -0.25) is 14.6 Å². The Morgan fingerprint density at radius 3 is 2.75 bits per heavy atom. The molecule has 2 bridgehead atoms. The van der Waals surface area contributed by atoms with Crippen LogP contribution in [0.15, 0.2) is 36.5 Å². The highest BCUT2D eigenvalue weighted by Crippen LogP contribution is 2.40. The summed E-state index contributed by atoms with van der Waals surface area (Å²) < 4.78 is 54.9. The molecule has 2 N–H and O–H groups in total. The molecule has 3 aliphatic heterocycles. The van der Waals surface area contributed by atoms with Crippen molar-refractivity contribution in [2.45, 2.75) is 71.1 Å². The number of fused-ring (bicyclic) bond motifs is 5. The Balaban J connectivity index is 1.30. The van der Waals surface area contributed by atoms with Crippen LogP contribution in [0.3, 0.4) is 0 Å². The van der Waals surface area contributed by atoms with Crippen molar-refractivity contribution in [2.24, 2.45) is 5.92 Å². The van der Waals surface area contributed by atoms with Gasteiger partial charge in [0, 0.05) is 43.9 Å². The number of phenolic OH excluding ortho intramolecular Hbond substituents is 1. The number of piperidine rings is 2. The number of anilines is 1. The SMILES string of the molecule is CCc1c(F)ccc2cc(O)cc(-c3ncc4c(N5CCCn6nc(CO)cc6C5)nc(OC5[C@@H]6CCCN5C[C@H](F)C6)nc4c3F)c12. The van der Waals surface area contributed by atoms with E-state index < -0.39 is 24.0 Å². The minimum atomic E-state index is -0.935. The van der Waals surface area contributed by atoms with Crippen LogP contribution < -0.4 is 9.64 Å². The Morgan fingerprint density at radius 1 is 1.06 bits per heavy atom. The van der Waals surface area contributed by atoms with Crippen LogP contribution in [0.1, 0.15) is 49.6 Å². The molecule has 0 saturated carbocycles. The Bertz CT molecular complexity index is 2020. The lowest BCUT2D eigenvalue weighted by Gasteiger charge is -2.45. The Labute approximate surface area is 274 Å². The number of aliphatic hydroxyl groups excluding tert-OH is 1. The molecule has 0 radical (unpaired) electrons. The number of aromatic nitrogens is 5. The van der Waals surface area contributed by atoms with E-state index in [1.54, 1.807) is 6.07 Å². The summed E-state index contributed by atoms with van der Waals surface area (Å²) >= 11 is 0.